The second-order valence-corrected chi connectivity index (χ2v) is 14.0. The zero-order valence-corrected chi connectivity index (χ0v) is 30.6. The van der Waals surface area contributed by atoms with Gasteiger partial charge in [0.2, 0.25) is 5.89 Å². The van der Waals surface area contributed by atoms with Gasteiger partial charge in [0.15, 0.2) is 5.58 Å². The van der Waals surface area contributed by atoms with Crippen LogP contribution in [0, 0.1) is 0 Å². The fourth-order valence-corrected chi connectivity index (χ4v) is 7.75. The lowest BCUT2D eigenvalue weighted by molar-refractivity contribution is 0.621. The number of fused-ring (bicyclic) bond motifs is 2. The van der Waals surface area contributed by atoms with Gasteiger partial charge in [0, 0.05) is 33.8 Å². The molecule has 0 saturated carbocycles. The molecule has 1 aromatic heterocycles. The van der Waals surface area contributed by atoms with Crippen molar-refractivity contribution in [3.63, 3.8) is 0 Å². The van der Waals surface area contributed by atoms with E-state index in [1.165, 1.54) is 33.0 Å². The van der Waals surface area contributed by atoms with E-state index < -0.39 is 0 Å². The average molecular weight is 717 g/mol. The number of rotatable bonds is 8. The largest absolute Gasteiger partial charge is 0.435 e. The Balaban J connectivity index is 1.08. The third kappa shape index (κ3) is 6.21. The second kappa shape index (κ2) is 14.4. The van der Waals surface area contributed by atoms with Crippen molar-refractivity contribution in [2.45, 2.75) is 0 Å². The van der Waals surface area contributed by atoms with Crippen molar-refractivity contribution in [3.05, 3.63) is 218 Å². The van der Waals surface area contributed by atoms with Gasteiger partial charge in [-0.25, -0.2) is 4.98 Å². The van der Waals surface area contributed by atoms with Crippen LogP contribution in [0.1, 0.15) is 0 Å². The van der Waals surface area contributed by atoms with Gasteiger partial charge in [-0.1, -0.05) is 164 Å². The molecule has 0 fully saturated rings. The Morgan fingerprint density at radius 2 is 0.857 bits per heavy atom. The average Bonchev–Trinajstić information content (AvgIpc) is 3.74. The van der Waals surface area contributed by atoms with Crippen molar-refractivity contribution in [1.29, 1.82) is 0 Å². The van der Waals surface area contributed by atoms with Crippen molar-refractivity contribution in [2.75, 3.05) is 4.90 Å². The van der Waals surface area contributed by atoms with E-state index in [2.05, 4.69) is 187 Å². The van der Waals surface area contributed by atoms with Gasteiger partial charge < -0.3 is 9.32 Å². The van der Waals surface area contributed by atoms with Gasteiger partial charge in [0.25, 0.3) is 0 Å². The fourth-order valence-electron chi connectivity index (χ4n) is 7.75. The molecule has 264 valence electrons. The first-order valence-electron chi connectivity index (χ1n) is 19.0. The van der Waals surface area contributed by atoms with Crippen LogP contribution in [0.3, 0.4) is 0 Å². The summed E-state index contributed by atoms with van der Waals surface area (Å²) in [4.78, 5) is 7.41. The Morgan fingerprint density at radius 3 is 1.57 bits per heavy atom. The van der Waals surface area contributed by atoms with E-state index in [4.69, 9.17) is 9.40 Å². The van der Waals surface area contributed by atoms with E-state index in [1.807, 2.05) is 36.4 Å². The number of aromatic nitrogens is 1. The third-order valence-electron chi connectivity index (χ3n) is 10.5. The van der Waals surface area contributed by atoms with Gasteiger partial charge in [-0.3, -0.25) is 0 Å². The van der Waals surface area contributed by atoms with Gasteiger partial charge in [0.1, 0.15) is 5.52 Å². The predicted molar refractivity (Wildman–Crippen MR) is 233 cm³/mol. The molecule has 9 aromatic carbocycles. The zero-order valence-electron chi connectivity index (χ0n) is 30.6. The number of hydrogen-bond acceptors (Lipinski definition) is 3. The normalized spacial score (nSPS) is 11.2. The number of nitrogens with zero attached hydrogens (tertiary/aromatic N) is 2. The number of benzene rings is 9. The van der Waals surface area contributed by atoms with Crippen LogP contribution in [-0.4, -0.2) is 4.98 Å². The summed E-state index contributed by atoms with van der Waals surface area (Å²) < 4.78 is 6.63. The number of hydrogen-bond donors (Lipinski definition) is 0. The van der Waals surface area contributed by atoms with Gasteiger partial charge in [-0.15, -0.1) is 0 Å². The first kappa shape index (κ1) is 33.1. The fraction of sp³-hybridized carbons (Fsp3) is 0. The molecule has 3 nitrogen and oxygen atoms in total. The first-order valence-corrected chi connectivity index (χ1v) is 19.0. The molecule has 0 spiro atoms. The molecule has 0 radical (unpaired) electrons. The third-order valence-corrected chi connectivity index (χ3v) is 10.5. The molecule has 0 aliphatic heterocycles. The molecule has 0 bridgehead atoms. The minimum Gasteiger partial charge on any atom is -0.435 e. The highest BCUT2D eigenvalue weighted by Crippen LogP contribution is 2.42. The highest BCUT2D eigenvalue weighted by molar-refractivity contribution is 6.01. The summed E-state index contributed by atoms with van der Waals surface area (Å²) >= 11 is 0. The Hall–Kier alpha value is -7.49. The van der Waals surface area contributed by atoms with Crippen molar-refractivity contribution < 1.29 is 4.42 Å². The van der Waals surface area contributed by atoms with Crippen LogP contribution in [0.2, 0.25) is 0 Å². The Kier molecular flexibility index (Phi) is 8.51. The van der Waals surface area contributed by atoms with Gasteiger partial charge in [-0.2, -0.15) is 0 Å². The molecule has 10 aromatic rings. The Morgan fingerprint density at radius 1 is 0.339 bits per heavy atom. The van der Waals surface area contributed by atoms with Crippen LogP contribution >= 0.6 is 0 Å². The summed E-state index contributed by atoms with van der Waals surface area (Å²) in [6.45, 7) is 0. The lowest BCUT2D eigenvalue weighted by Gasteiger charge is -2.26. The highest BCUT2D eigenvalue weighted by atomic mass is 16.3. The molecule has 1 heterocycles. The SMILES string of the molecule is c1ccc(-c2ccc(N(c3ccc(-c4ccc(-c5ccccc5)c5nc(-c6ccccc6)oc45)cc3)c3cccc(-c4cccc5ccccc45)c3)cc2)cc1. The summed E-state index contributed by atoms with van der Waals surface area (Å²) in [5.74, 6) is 0.609. The van der Waals surface area contributed by atoms with Crippen LogP contribution in [-0.2, 0) is 0 Å². The highest BCUT2D eigenvalue weighted by Gasteiger charge is 2.19. The molecule has 0 saturated heterocycles. The van der Waals surface area contributed by atoms with Gasteiger partial charge >= 0.3 is 0 Å². The summed E-state index contributed by atoms with van der Waals surface area (Å²) in [7, 11) is 0. The lowest BCUT2D eigenvalue weighted by Crippen LogP contribution is -2.10. The maximum absolute atomic E-state index is 6.63. The Bertz CT molecular complexity index is 2930. The van der Waals surface area contributed by atoms with E-state index in [-0.39, 0.29) is 0 Å². The van der Waals surface area contributed by atoms with E-state index in [0.29, 0.717) is 5.89 Å². The second-order valence-electron chi connectivity index (χ2n) is 14.0. The van der Waals surface area contributed by atoms with E-state index in [9.17, 15) is 0 Å². The minimum atomic E-state index is 0.609. The van der Waals surface area contributed by atoms with Crippen molar-refractivity contribution in [2.24, 2.45) is 0 Å². The van der Waals surface area contributed by atoms with Crippen LogP contribution < -0.4 is 4.90 Å². The van der Waals surface area contributed by atoms with Crippen molar-refractivity contribution in [1.82, 2.24) is 4.98 Å². The topological polar surface area (TPSA) is 29.3 Å². The molecule has 0 amide bonds. The van der Waals surface area contributed by atoms with Crippen LogP contribution in [0.4, 0.5) is 17.1 Å². The first-order chi connectivity index (χ1) is 27.8. The summed E-state index contributed by atoms with van der Waals surface area (Å²) in [6.07, 6.45) is 0. The van der Waals surface area contributed by atoms with Crippen molar-refractivity contribution in [3.8, 4) is 56.0 Å². The van der Waals surface area contributed by atoms with Crippen molar-refractivity contribution >= 4 is 38.9 Å². The molecule has 0 aliphatic carbocycles. The number of anilines is 3. The Labute approximate surface area is 326 Å². The van der Waals surface area contributed by atoms with E-state index in [1.54, 1.807) is 0 Å². The van der Waals surface area contributed by atoms with Gasteiger partial charge in [0.05, 0.1) is 0 Å². The van der Waals surface area contributed by atoms with E-state index in [0.717, 1.165) is 56.0 Å². The molecular formula is C53H36N2O. The maximum Gasteiger partial charge on any atom is 0.227 e. The molecule has 10 rings (SSSR count). The zero-order chi connectivity index (χ0) is 37.3. The quantitative estimate of drug-likeness (QED) is 0.157. The number of oxazole rings is 1. The van der Waals surface area contributed by atoms with E-state index >= 15 is 0 Å². The summed E-state index contributed by atoms with van der Waals surface area (Å²) in [5.41, 5.74) is 14.7. The molecular weight excluding hydrogens is 681 g/mol. The van der Waals surface area contributed by atoms with Crippen LogP contribution in [0.25, 0.3) is 77.8 Å². The predicted octanol–water partition coefficient (Wildman–Crippen LogP) is 14.8. The van der Waals surface area contributed by atoms with Gasteiger partial charge in [-0.05, 0) is 98.8 Å². The van der Waals surface area contributed by atoms with Crippen LogP contribution in [0.15, 0.2) is 223 Å². The molecule has 0 aliphatic rings. The molecule has 0 N–H and O–H groups in total. The molecule has 0 atom stereocenters. The minimum absolute atomic E-state index is 0.609. The standard InChI is InChI=1S/C53H36N2O/c1-4-14-37(15-5-1)38-26-30-44(31-27-38)55(46-23-12-22-43(36-46)48-25-13-21-39-18-10-11-24-47(39)48)45-32-28-41(29-33-45)50-35-34-49(40-16-6-2-7-17-40)51-52(50)56-53(54-51)42-19-8-3-9-20-42/h1-36H. The molecule has 56 heavy (non-hydrogen) atoms. The monoisotopic (exact) mass is 716 g/mol. The maximum atomic E-state index is 6.63. The lowest BCUT2D eigenvalue weighted by atomic mass is 9.97. The summed E-state index contributed by atoms with van der Waals surface area (Å²) in [6, 6.07) is 77.0. The molecule has 3 heteroatoms. The van der Waals surface area contributed by atoms with Crippen LogP contribution in [0.5, 0.6) is 0 Å². The smallest absolute Gasteiger partial charge is 0.227 e. The molecule has 0 unspecified atom stereocenters. The summed E-state index contributed by atoms with van der Waals surface area (Å²) in [5, 5.41) is 2.47.